The van der Waals surface area contributed by atoms with Crippen LogP contribution >= 0.6 is 0 Å². The Morgan fingerprint density at radius 3 is 2.77 bits per heavy atom. The standard InChI is InChI=1S/C25H24N4O/c1-28(23-13-7-11-19-10-5-6-12-22(19)23)25(30)21-14-20-16-27-29(24(20)26-15-21)17-18-8-3-2-4-9-18/h2-6,8-10,12,14-16,23H,7,11,13,17H2,1H3/t23-/m1/s1. The third-order valence-electron chi connectivity index (χ3n) is 6.02. The maximum atomic E-state index is 13.3. The van der Waals surface area contributed by atoms with E-state index < -0.39 is 0 Å². The molecule has 0 saturated carbocycles. The number of nitrogens with zero attached hydrogens (tertiary/aromatic N) is 4. The van der Waals surface area contributed by atoms with Gasteiger partial charge < -0.3 is 4.90 Å². The lowest BCUT2D eigenvalue weighted by Gasteiger charge is -2.33. The molecule has 1 amide bonds. The van der Waals surface area contributed by atoms with Gasteiger partial charge in [0.05, 0.1) is 24.3 Å². The Kier molecular flexibility index (Phi) is 4.79. The molecule has 0 radical (unpaired) electrons. The molecule has 2 aromatic carbocycles. The summed E-state index contributed by atoms with van der Waals surface area (Å²) in [6.07, 6.45) is 6.65. The van der Waals surface area contributed by atoms with Gasteiger partial charge in [-0.25, -0.2) is 9.67 Å². The highest BCUT2D eigenvalue weighted by Crippen LogP contribution is 2.34. The van der Waals surface area contributed by atoms with Crippen LogP contribution in [0.5, 0.6) is 0 Å². The molecule has 5 rings (SSSR count). The highest BCUT2D eigenvalue weighted by Gasteiger charge is 2.27. The minimum Gasteiger partial charge on any atom is -0.335 e. The second-order valence-corrected chi connectivity index (χ2v) is 7.95. The van der Waals surface area contributed by atoms with Gasteiger partial charge in [0, 0.05) is 18.6 Å². The third kappa shape index (κ3) is 3.36. The van der Waals surface area contributed by atoms with Gasteiger partial charge in [-0.05, 0) is 42.0 Å². The first-order chi connectivity index (χ1) is 14.7. The summed E-state index contributed by atoms with van der Waals surface area (Å²) in [6, 6.07) is 20.7. The highest BCUT2D eigenvalue weighted by atomic mass is 16.2. The van der Waals surface area contributed by atoms with Gasteiger partial charge in [-0.3, -0.25) is 4.79 Å². The molecule has 0 unspecified atom stereocenters. The van der Waals surface area contributed by atoms with E-state index in [4.69, 9.17) is 0 Å². The topological polar surface area (TPSA) is 51.0 Å². The molecule has 5 nitrogen and oxygen atoms in total. The summed E-state index contributed by atoms with van der Waals surface area (Å²) in [5, 5.41) is 5.37. The molecule has 0 bridgehead atoms. The monoisotopic (exact) mass is 396 g/mol. The zero-order valence-electron chi connectivity index (χ0n) is 17.0. The number of rotatable bonds is 4. The van der Waals surface area contributed by atoms with Crippen molar-refractivity contribution < 1.29 is 4.79 Å². The van der Waals surface area contributed by atoms with Gasteiger partial charge in [-0.2, -0.15) is 5.10 Å². The van der Waals surface area contributed by atoms with E-state index in [1.165, 1.54) is 16.7 Å². The van der Waals surface area contributed by atoms with Crippen LogP contribution in [0.4, 0.5) is 0 Å². The zero-order valence-corrected chi connectivity index (χ0v) is 17.0. The number of aromatic nitrogens is 3. The summed E-state index contributed by atoms with van der Waals surface area (Å²) >= 11 is 0. The van der Waals surface area contributed by atoms with E-state index in [0.717, 1.165) is 30.3 Å². The second kappa shape index (κ2) is 7.75. The SMILES string of the molecule is CN(C(=O)c1cnc2c(cnn2Cc2ccccc2)c1)[C@@H]1CCCc2ccccc21. The Balaban J connectivity index is 1.40. The van der Waals surface area contributed by atoms with Crippen molar-refractivity contribution in [3.05, 3.63) is 95.3 Å². The normalized spacial score (nSPS) is 15.7. The van der Waals surface area contributed by atoms with Crippen molar-refractivity contribution in [2.75, 3.05) is 7.05 Å². The van der Waals surface area contributed by atoms with Crippen LogP contribution in [0, 0.1) is 0 Å². The largest absolute Gasteiger partial charge is 0.335 e. The van der Waals surface area contributed by atoms with Crippen LogP contribution in [0.1, 0.15) is 45.9 Å². The molecule has 0 aliphatic heterocycles. The lowest BCUT2D eigenvalue weighted by molar-refractivity contribution is 0.0715. The average Bonchev–Trinajstić information content (AvgIpc) is 3.20. The predicted molar refractivity (Wildman–Crippen MR) is 117 cm³/mol. The molecule has 0 fully saturated rings. The van der Waals surface area contributed by atoms with Crippen LogP contribution in [0.15, 0.2) is 73.1 Å². The maximum absolute atomic E-state index is 13.3. The van der Waals surface area contributed by atoms with E-state index >= 15 is 0 Å². The van der Waals surface area contributed by atoms with E-state index in [1.54, 1.807) is 12.4 Å². The number of amides is 1. The van der Waals surface area contributed by atoms with E-state index in [1.807, 2.05) is 40.9 Å². The molecular formula is C25H24N4O. The van der Waals surface area contributed by atoms with Crippen LogP contribution in [0.2, 0.25) is 0 Å². The van der Waals surface area contributed by atoms with Crippen molar-refractivity contribution in [2.45, 2.75) is 31.8 Å². The molecule has 1 aliphatic carbocycles. The Labute approximate surface area is 176 Å². The Hall–Kier alpha value is -3.47. The summed E-state index contributed by atoms with van der Waals surface area (Å²) in [4.78, 5) is 19.7. The number of benzene rings is 2. The third-order valence-corrected chi connectivity index (χ3v) is 6.02. The number of carbonyl (C=O) groups excluding carboxylic acids is 1. The highest BCUT2D eigenvalue weighted by molar-refractivity contribution is 5.97. The van der Waals surface area contributed by atoms with Gasteiger partial charge in [0.2, 0.25) is 0 Å². The fraction of sp³-hybridized carbons (Fsp3) is 0.240. The number of hydrogen-bond acceptors (Lipinski definition) is 3. The lowest BCUT2D eigenvalue weighted by Crippen LogP contribution is -2.33. The summed E-state index contributed by atoms with van der Waals surface area (Å²) in [5.41, 5.74) is 5.18. The summed E-state index contributed by atoms with van der Waals surface area (Å²) in [6.45, 7) is 0.656. The molecule has 1 aliphatic rings. The number of carbonyl (C=O) groups is 1. The van der Waals surface area contributed by atoms with Crippen molar-refractivity contribution in [3.63, 3.8) is 0 Å². The van der Waals surface area contributed by atoms with Crippen LogP contribution < -0.4 is 0 Å². The molecule has 2 heterocycles. The lowest BCUT2D eigenvalue weighted by atomic mass is 9.87. The van der Waals surface area contributed by atoms with Crippen LogP contribution in [-0.2, 0) is 13.0 Å². The molecule has 150 valence electrons. The predicted octanol–water partition coefficient (Wildman–Crippen LogP) is 4.63. The molecule has 1 atom stereocenters. The first-order valence-corrected chi connectivity index (χ1v) is 10.4. The fourth-order valence-corrected chi connectivity index (χ4v) is 4.44. The van der Waals surface area contributed by atoms with Gasteiger partial charge >= 0.3 is 0 Å². The Morgan fingerprint density at radius 1 is 1.10 bits per heavy atom. The zero-order chi connectivity index (χ0) is 20.5. The number of pyridine rings is 1. The summed E-state index contributed by atoms with van der Waals surface area (Å²) in [7, 11) is 1.90. The van der Waals surface area contributed by atoms with Gasteiger partial charge in [-0.15, -0.1) is 0 Å². The number of aryl methyl sites for hydroxylation is 1. The first kappa shape index (κ1) is 18.6. The molecule has 0 N–H and O–H groups in total. The van der Waals surface area contributed by atoms with Crippen molar-refractivity contribution in [2.24, 2.45) is 0 Å². The molecule has 5 heteroatoms. The van der Waals surface area contributed by atoms with Gasteiger partial charge in [0.1, 0.15) is 0 Å². The molecule has 30 heavy (non-hydrogen) atoms. The van der Waals surface area contributed by atoms with Crippen LogP contribution in [0.25, 0.3) is 11.0 Å². The van der Waals surface area contributed by atoms with E-state index in [0.29, 0.717) is 12.1 Å². The summed E-state index contributed by atoms with van der Waals surface area (Å²) < 4.78 is 1.88. The van der Waals surface area contributed by atoms with E-state index in [2.05, 4.69) is 46.5 Å². The fourth-order valence-electron chi connectivity index (χ4n) is 4.44. The molecule has 0 spiro atoms. The van der Waals surface area contributed by atoms with Crippen molar-refractivity contribution >= 4 is 16.9 Å². The molecular weight excluding hydrogens is 372 g/mol. The number of fused-ring (bicyclic) bond motifs is 2. The minimum absolute atomic E-state index is 0.00177. The molecule has 0 saturated heterocycles. The maximum Gasteiger partial charge on any atom is 0.255 e. The van der Waals surface area contributed by atoms with Crippen LogP contribution in [0.3, 0.4) is 0 Å². The molecule has 2 aromatic heterocycles. The van der Waals surface area contributed by atoms with E-state index in [9.17, 15) is 4.79 Å². The number of hydrogen-bond donors (Lipinski definition) is 0. The van der Waals surface area contributed by atoms with Crippen molar-refractivity contribution in [1.29, 1.82) is 0 Å². The smallest absolute Gasteiger partial charge is 0.255 e. The molecule has 4 aromatic rings. The quantitative estimate of drug-likeness (QED) is 0.505. The Morgan fingerprint density at radius 2 is 1.90 bits per heavy atom. The summed E-state index contributed by atoms with van der Waals surface area (Å²) in [5.74, 6) is 0.00177. The van der Waals surface area contributed by atoms with Gasteiger partial charge in [-0.1, -0.05) is 54.6 Å². The van der Waals surface area contributed by atoms with Crippen molar-refractivity contribution in [3.8, 4) is 0 Å². The first-order valence-electron chi connectivity index (χ1n) is 10.4. The average molecular weight is 396 g/mol. The minimum atomic E-state index is 0.00177. The van der Waals surface area contributed by atoms with Gasteiger partial charge in [0.15, 0.2) is 5.65 Å². The van der Waals surface area contributed by atoms with Gasteiger partial charge in [0.25, 0.3) is 5.91 Å². The van der Waals surface area contributed by atoms with Crippen molar-refractivity contribution in [1.82, 2.24) is 19.7 Å². The van der Waals surface area contributed by atoms with E-state index in [-0.39, 0.29) is 11.9 Å². The second-order valence-electron chi connectivity index (χ2n) is 7.95. The Bertz CT molecular complexity index is 1200. The van der Waals surface area contributed by atoms with Crippen LogP contribution in [-0.4, -0.2) is 32.6 Å².